The smallest absolute Gasteiger partial charge is 0.251 e. The van der Waals surface area contributed by atoms with Gasteiger partial charge < -0.3 is 10.6 Å². The monoisotopic (exact) mass is 296 g/mol. The quantitative estimate of drug-likeness (QED) is 0.755. The average molecular weight is 297 g/mol. The Morgan fingerprint density at radius 1 is 1.35 bits per heavy atom. The van der Waals surface area contributed by atoms with Gasteiger partial charge in [-0.1, -0.05) is 13.0 Å². The largest absolute Gasteiger partial charge is 0.351 e. The molecule has 0 aliphatic carbocycles. The molecule has 0 atom stereocenters. The first kappa shape index (κ1) is 16.1. The van der Waals surface area contributed by atoms with Crippen LogP contribution >= 0.6 is 12.4 Å². The Morgan fingerprint density at radius 2 is 2.20 bits per heavy atom. The number of carbonyl (C=O) groups is 1. The Hall–Kier alpha value is -1.99. The number of nitrogens with one attached hydrogen (secondary N) is 2. The molecule has 0 aliphatic heterocycles. The molecule has 8 heteroatoms. The molecule has 0 saturated heterocycles. The molecule has 0 bridgehead atoms. The summed E-state index contributed by atoms with van der Waals surface area (Å²) < 4.78 is 1.51. The molecule has 1 heterocycles. The lowest BCUT2D eigenvalue weighted by Gasteiger charge is -2.06. The lowest BCUT2D eigenvalue weighted by atomic mass is 10.2. The van der Waals surface area contributed by atoms with Crippen LogP contribution in [0.3, 0.4) is 0 Å². The molecule has 1 aromatic carbocycles. The minimum Gasteiger partial charge on any atom is -0.351 e. The molecule has 2 N–H and O–H groups in total. The molecule has 2 rings (SSSR count). The van der Waals surface area contributed by atoms with E-state index in [9.17, 15) is 4.79 Å². The predicted octanol–water partition coefficient (Wildman–Crippen LogP) is 0.423. The van der Waals surface area contributed by atoms with Gasteiger partial charge in [-0.05, 0) is 35.2 Å². The van der Waals surface area contributed by atoms with Crippen LogP contribution in [0.2, 0.25) is 0 Å². The highest BCUT2D eigenvalue weighted by molar-refractivity contribution is 5.94. The summed E-state index contributed by atoms with van der Waals surface area (Å²) in [5, 5.41) is 16.9. The van der Waals surface area contributed by atoms with Crippen LogP contribution in [-0.4, -0.2) is 45.7 Å². The van der Waals surface area contributed by atoms with Gasteiger partial charge in [-0.15, -0.1) is 17.5 Å². The van der Waals surface area contributed by atoms with E-state index in [4.69, 9.17) is 0 Å². The molecule has 0 fully saturated rings. The van der Waals surface area contributed by atoms with Gasteiger partial charge in [0, 0.05) is 18.7 Å². The highest BCUT2D eigenvalue weighted by atomic mass is 35.5. The third-order valence-corrected chi connectivity index (χ3v) is 2.56. The van der Waals surface area contributed by atoms with E-state index < -0.39 is 0 Å². The number of hydrogen-bond acceptors (Lipinski definition) is 5. The maximum absolute atomic E-state index is 11.9. The van der Waals surface area contributed by atoms with E-state index in [2.05, 4.69) is 26.2 Å². The second-order valence-electron chi connectivity index (χ2n) is 3.91. The summed E-state index contributed by atoms with van der Waals surface area (Å²) in [6.45, 7) is 4.28. The minimum atomic E-state index is -0.104. The Labute approximate surface area is 123 Å². The Kier molecular flexibility index (Phi) is 6.61. The summed E-state index contributed by atoms with van der Waals surface area (Å²) in [5.41, 5.74) is 1.34. The maximum Gasteiger partial charge on any atom is 0.251 e. The van der Waals surface area contributed by atoms with Crippen molar-refractivity contribution in [1.29, 1.82) is 0 Å². The van der Waals surface area contributed by atoms with Crippen LogP contribution < -0.4 is 10.6 Å². The fraction of sp³-hybridized carbons (Fsp3) is 0.333. The van der Waals surface area contributed by atoms with Crippen molar-refractivity contribution in [1.82, 2.24) is 30.8 Å². The number of rotatable bonds is 6. The van der Waals surface area contributed by atoms with Crippen molar-refractivity contribution in [2.45, 2.75) is 6.92 Å². The van der Waals surface area contributed by atoms with Gasteiger partial charge in [0.25, 0.3) is 5.91 Å². The molecule has 1 amide bonds. The summed E-state index contributed by atoms with van der Waals surface area (Å²) >= 11 is 0. The molecule has 0 aliphatic rings. The van der Waals surface area contributed by atoms with E-state index in [1.54, 1.807) is 18.2 Å². The Morgan fingerprint density at radius 3 is 2.90 bits per heavy atom. The number of halogens is 1. The number of aromatic nitrogens is 4. The number of tetrazole rings is 1. The molecular formula is C12H17ClN6O. The van der Waals surface area contributed by atoms with E-state index in [1.807, 2.05) is 13.0 Å². The Bertz CT molecular complexity index is 531. The van der Waals surface area contributed by atoms with Crippen LogP contribution in [0, 0.1) is 0 Å². The molecule has 0 radical (unpaired) electrons. The lowest BCUT2D eigenvalue weighted by Crippen LogP contribution is -2.31. The zero-order valence-electron chi connectivity index (χ0n) is 11.1. The number of amides is 1. The minimum absolute atomic E-state index is 0. The van der Waals surface area contributed by atoms with Crippen LogP contribution in [0.25, 0.3) is 5.69 Å². The SMILES string of the molecule is CCNCCNC(=O)c1cccc(-n2cnnn2)c1.Cl. The molecule has 0 saturated carbocycles. The highest BCUT2D eigenvalue weighted by Gasteiger charge is 2.06. The number of carbonyl (C=O) groups excluding carboxylic acids is 1. The standard InChI is InChI=1S/C12H16N6O.ClH/c1-2-13-6-7-14-12(19)10-4-3-5-11(8-10)18-9-15-16-17-18;/h3-5,8-9,13H,2,6-7H2,1H3,(H,14,19);1H. The van der Waals surface area contributed by atoms with Crippen LogP contribution in [0.15, 0.2) is 30.6 Å². The van der Waals surface area contributed by atoms with Gasteiger partial charge in [-0.3, -0.25) is 4.79 Å². The molecule has 0 spiro atoms. The van der Waals surface area contributed by atoms with Gasteiger partial charge in [0.05, 0.1) is 5.69 Å². The topological polar surface area (TPSA) is 84.7 Å². The van der Waals surface area contributed by atoms with Crippen LogP contribution in [0.5, 0.6) is 0 Å². The van der Waals surface area contributed by atoms with Crippen molar-refractivity contribution >= 4 is 18.3 Å². The van der Waals surface area contributed by atoms with Crippen molar-refractivity contribution in [3.05, 3.63) is 36.2 Å². The zero-order valence-corrected chi connectivity index (χ0v) is 11.9. The van der Waals surface area contributed by atoms with E-state index in [-0.39, 0.29) is 18.3 Å². The first-order valence-corrected chi connectivity index (χ1v) is 6.13. The Balaban J connectivity index is 0.00000200. The number of nitrogens with zero attached hydrogens (tertiary/aromatic N) is 4. The second kappa shape index (κ2) is 8.23. The lowest BCUT2D eigenvalue weighted by molar-refractivity contribution is 0.0954. The second-order valence-corrected chi connectivity index (χ2v) is 3.91. The van der Waals surface area contributed by atoms with Gasteiger partial charge in [-0.2, -0.15) is 0 Å². The number of benzene rings is 1. The van der Waals surface area contributed by atoms with E-state index in [0.29, 0.717) is 12.1 Å². The fourth-order valence-corrected chi connectivity index (χ4v) is 1.61. The molecule has 7 nitrogen and oxygen atoms in total. The maximum atomic E-state index is 11.9. The fourth-order valence-electron chi connectivity index (χ4n) is 1.61. The van der Waals surface area contributed by atoms with E-state index >= 15 is 0 Å². The third-order valence-electron chi connectivity index (χ3n) is 2.56. The van der Waals surface area contributed by atoms with Crippen molar-refractivity contribution in [2.24, 2.45) is 0 Å². The van der Waals surface area contributed by atoms with E-state index in [1.165, 1.54) is 11.0 Å². The molecule has 20 heavy (non-hydrogen) atoms. The van der Waals surface area contributed by atoms with Crippen molar-refractivity contribution in [2.75, 3.05) is 19.6 Å². The van der Waals surface area contributed by atoms with Gasteiger partial charge in [0.2, 0.25) is 0 Å². The van der Waals surface area contributed by atoms with Gasteiger partial charge in [0.1, 0.15) is 6.33 Å². The first-order chi connectivity index (χ1) is 9.31. The summed E-state index contributed by atoms with van der Waals surface area (Å²) in [6.07, 6.45) is 1.49. The molecule has 108 valence electrons. The normalized spacial score (nSPS) is 9.85. The zero-order chi connectivity index (χ0) is 13.5. The van der Waals surface area contributed by atoms with Gasteiger partial charge >= 0.3 is 0 Å². The van der Waals surface area contributed by atoms with Crippen LogP contribution in [0.1, 0.15) is 17.3 Å². The molecule has 0 unspecified atom stereocenters. The molecule has 2 aromatic rings. The van der Waals surface area contributed by atoms with Gasteiger partial charge in [0.15, 0.2) is 0 Å². The van der Waals surface area contributed by atoms with Crippen molar-refractivity contribution in [3.8, 4) is 5.69 Å². The summed E-state index contributed by atoms with van der Waals surface area (Å²) in [6, 6.07) is 7.15. The number of likely N-dealkylation sites (N-methyl/N-ethyl adjacent to an activating group) is 1. The summed E-state index contributed by atoms with van der Waals surface area (Å²) in [7, 11) is 0. The molecular weight excluding hydrogens is 280 g/mol. The summed E-state index contributed by atoms with van der Waals surface area (Å²) in [5.74, 6) is -0.104. The average Bonchev–Trinajstić information content (AvgIpc) is 2.98. The molecule has 1 aromatic heterocycles. The number of hydrogen-bond donors (Lipinski definition) is 2. The van der Waals surface area contributed by atoms with E-state index in [0.717, 1.165) is 18.8 Å². The van der Waals surface area contributed by atoms with Crippen molar-refractivity contribution in [3.63, 3.8) is 0 Å². The first-order valence-electron chi connectivity index (χ1n) is 6.13. The predicted molar refractivity (Wildman–Crippen MR) is 77.3 cm³/mol. The highest BCUT2D eigenvalue weighted by Crippen LogP contribution is 2.08. The van der Waals surface area contributed by atoms with Crippen molar-refractivity contribution < 1.29 is 4.79 Å². The third kappa shape index (κ3) is 4.29. The summed E-state index contributed by atoms with van der Waals surface area (Å²) in [4.78, 5) is 11.9. The van der Waals surface area contributed by atoms with Crippen LogP contribution in [-0.2, 0) is 0 Å². The van der Waals surface area contributed by atoms with Crippen LogP contribution in [0.4, 0.5) is 0 Å². The van der Waals surface area contributed by atoms with Gasteiger partial charge in [-0.25, -0.2) is 4.68 Å².